The van der Waals surface area contributed by atoms with Crippen molar-refractivity contribution in [3.63, 3.8) is 0 Å². The predicted molar refractivity (Wildman–Crippen MR) is 105 cm³/mol. The number of esters is 1. The van der Waals surface area contributed by atoms with E-state index in [2.05, 4.69) is 15.9 Å². The molecule has 0 saturated heterocycles. The zero-order valence-corrected chi connectivity index (χ0v) is 15.9. The van der Waals surface area contributed by atoms with E-state index in [0.717, 1.165) is 10.0 Å². The van der Waals surface area contributed by atoms with Crippen LogP contribution in [0, 0.1) is 5.82 Å². The predicted octanol–water partition coefficient (Wildman–Crippen LogP) is 5.42. The van der Waals surface area contributed by atoms with Crippen LogP contribution in [0.5, 0.6) is 11.5 Å². The van der Waals surface area contributed by atoms with Crippen molar-refractivity contribution < 1.29 is 23.5 Å². The van der Waals surface area contributed by atoms with Gasteiger partial charge in [-0.05, 0) is 60.2 Å². The molecule has 0 atom stereocenters. The topological polar surface area (TPSA) is 52.6 Å². The maximum Gasteiger partial charge on any atom is 0.343 e. The smallest absolute Gasteiger partial charge is 0.343 e. The van der Waals surface area contributed by atoms with Crippen molar-refractivity contribution in [2.24, 2.45) is 0 Å². The summed E-state index contributed by atoms with van der Waals surface area (Å²) in [7, 11) is 0. The molecule has 6 heteroatoms. The van der Waals surface area contributed by atoms with Gasteiger partial charge in [0, 0.05) is 10.5 Å². The zero-order chi connectivity index (χ0) is 19.7. The summed E-state index contributed by atoms with van der Waals surface area (Å²) in [5, 5.41) is 0. The number of carbonyl (C=O) groups is 2. The maximum atomic E-state index is 13.0. The third kappa shape index (κ3) is 3.73. The van der Waals surface area contributed by atoms with Gasteiger partial charge in [0.15, 0.2) is 5.76 Å². The van der Waals surface area contributed by atoms with Crippen LogP contribution in [-0.4, -0.2) is 11.8 Å². The molecule has 138 valence electrons. The van der Waals surface area contributed by atoms with Gasteiger partial charge in [0.2, 0.25) is 5.78 Å². The van der Waals surface area contributed by atoms with Gasteiger partial charge in [0.05, 0.1) is 11.1 Å². The summed E-state index contributed by atoms with van der Waals surface area (Å²) in [6.45, 7) is 0. The molecule has 28 heavy (non-hydrogen) atoms. The van der Waals surface area contributed by atoms with Crippen molar-refractivity contribution in [3.8, 4) is 11.5 Å². The number of carbonyl (C=O) groups excluding carboxylic acids is 2. The molecule has 3 aromatic rings. The largest absolute Gasteiger partial charge is 0.452 e. The summed E-state index contributed by atoms with van der Waals surface area (Å²) >= 11 is 3.36. The van der Waals surface area contributed by atoms with Gasteiger partial charge < -0.3 is 9.47 Å². The van der Waals surface area contributed by atoms with E-state index < -0.39 is 11.8 Å². The summed E-state index contributed by atoms with van der Waals surface area (Å²) in [6, 6.07) is 17.0. The van der Waals surface area contributed by atoms with Crippen LogP contribution in [0.25, 0.3) is 6.08 Å². The fourth-order valence-electron chi connectivity index (χ4n) is 2.69. The van der Waals surface area contributed by atoms with E-state index in [1.165, 1.54) is 36.4 Å². The van der Waals surface area contributed by atoms with Crippen LogP contribution in [0.3, 0.4) is 0 Å². The van der Waals surface area contributed by atoms with Gasteiger partial charge in [-0.15, -0.1) is 0 Å². The molecule has 0 spiro atoms. The van der Waals surface area contributed by atoms with Crippen molar-refractivity contribution in [1.82, 2.24) is 0 Å². The van der Waals surface area contributed by atoms with E-state index in [0.29, 0.717) is 11.3 Å². The van der Waals surface area contributed by atoms with Crippen LogP contribution in [-0.2, 0) is 0 Å². The van der Waals surface area contributed by atoms with Crippen LogP contribution in [0.15, 0.2) is 77.0 Å². The Morgan fingerprint density at radius 3 is 2.43 bits per heavy atom. The number of halogens is 2. The highest BCUT2D eigenvalue weighted by Gasteiger charge is 2.28. The lowest BCUT2D eigenvalue weighted by molar-refractivity contribution is 0.0734. The molecule has 0 aromatic heterocycles. The third-order valence-electron chi connectivity index (χ3n) is 4.10. The normalized spacial score (nSPS) is 13.9. The Morgan fingerprint density at radius 2 is 1.71 bits per heavy atom. The Labute approximate surface area is 168 Å². The van der Waals surface area contributed by atoms with Gasteiger partial charge in [-0.2, -0.15) is 0 Å². The highest BCUT2D eigenvalue weighted by Crippen LogP contribution is 2.35. The second kappa shape index (κ2) is 7.40. The van der Waals surface area contributed by atoms with Gasteiger partial charge in [-0.1, -0.05) is 28.1 Å². The van der Waals surface area contributed by atoms with Crippen molar-refractivity contribution in [2.75, 3.05) is 0 Å². The average Bonchev–Trinajstić information content (AvgIpc) is 2.99. The average molecular weight is 439 g/mol. The van der Waals surface area contributed by atoms with E-state index in [1.54, 1.807) is 12.1 Å². The Bertz CT molecular complexity index is 1100. The Hall–Kier alpha value is -3.25. The summed E-state index contributed by atoms with van der Waals surface area (Å²) in [5.74, 6) is -0.571. The summed E-state index contributed by atoms with van der Waals surface area (Å²) in [6.07, 6.45) is 1.65. The van der Waals surface area contributed by atoms with E-state index in [9.17, 15) is 14.0 Å². The molecule has 0 saturated carbocycles. The molecule has 0 fully saturated rings. The van der Waals surface area contributed by atoms with Gasteiger partial charge in [0.1, 0.15) is 17.3 Å². The van der Waals surface area contributed by atoms with Crippen LogP contribution >= 0.6 is 15.9 Å². The summed E-state index contributed by atoms with van der Waals surface area (Å²) < 4.78 is 24.8. The van der Waals surface area contributed by atoms with E-state index in [4.69, 9.17) is 9.47 Å². The standard InChI is InChI=1S/C22H12BrFO4/c23-15-5-1-13(2-6-15)11-20-21(25)18-10-9-17(12-19(18)28-20)27-22(26)14-3-7-16(24)8-4-14/h1-12H/b20-11-. The van der Waals surface area contributed by atoms with Crippen LogP contribution in [0.1, 0.15) is 26.3 Å². The number of rotatable bonds is 3. The Kier molecular flexibility index (Phi) is 4.79. The first-order valence-electron chi connectivity index (χ1n) is 8.31. The maximum absolute atomic E-state index is 13.0. The molecule has 0 unspecified atom stereocenters. The van der Waals surface area contributed by atoms with Crippen LogP contribution in [0.2, 0.25) is 0 Å². The number of hydrogen-bond acceptors (Lipinski definition) is 4. The monoisotopic (exact) mass is 438 g/mol. The molecule has 4 rings (SSSR count). The number of hydrogen-bond donors (Lipinski definition) is 0. The fourth-order valence-corrected chi connectivity index (χ4v) is 2.96. The van der Waals surface area contributed by atoms with Crippen molar-refractivity contribution in [1.29, 1.82) is 0 Å². The van der Waals surface area contributed by atoms with Crippen molar-refractivity contribution in [3.05, 3.63) is 99.5 Å². The molecule has 1 aliphatic heterocycles. The van der Waals surface area contributed by atoms with E-state index >= 15 is 0 Å². The summed E-state index contributed by atoms with van der Waals surface area (Å²) in [4.78, 5) is 24.7. The van der Waals surface area contributed by atoms with Gasteiger partial charge in [0.25, 0.3) is 0 Å². The molecule has 1 aliphatic rings. The lowest BCUT2D eigenvalue weighted by atomic mass is 10.1. The van der Waals surface area contributed by atoms with E-state index in [1.807, 2.05) is 24.3 Å². The number of benzene rings is 3. The molecule has 1 heterocycles. The van der Waals surface area contributed by atoms with Crippen molar-refractivity contribution >= 4 is 33.8 Å². The summed E-state index contributed by atoms with van der Waals surface area (Å²) in [5.41, 5.74) is 1.43. The molecule has 0 aliphatic carbocycles. The van der Waals surface area contributed by atoms with Crippen molar-refractivity contribution in [2.45, 2.75) is 0 Å². The third-order valence-corrected chi connectivity index (χ3v) is 4.63. The highest BCUT2D eigenvalue weighted by molar-refractivity contribution is 9.10. The first-order valence-corrected chi connectivity index (χ1v) is 9.10. The second-order valence-electron chi connectivity index (χ2n) is 6.05. The Balaban J connectivity index is 1.54. The number of ketones is 1. The Morgan fingerprint density at radius 1 is 1.00 bits per heavy atom. The minimum atomic E-state index is -0.630. The van der Waals surface area contributed by atoms with Crippen LogP contribution < -0.4 is 9.47 Å². The molecule has 0 amide bonds. The lowest BCUT2D eigenvalue weighted by Crippen LogP contribution is -2.08. The van der Waals surface area contributed by atoms with Gasteiger partial charge >= 0.3 is 5.97 Å². The second-order valence-corrected chi connectivity index (χ2v) is 6.96. The molecular weight excluding hydrogens is 427 g/mol. The minimum Gasteiger partial charge on any atom is -0.452 e. The molecule has 0 bridgehead atoms. The van der Waals surface area contributed by atoms with Crippen LogP contribution in [0.4, 0.5) is 4.39 Å². The minimum absolute atomic E-state index is 0.194. The molecular formula is C22H12BrFO4. The zero-order valence-electron chi connectivity index (χ0n) is 14.3. The van der Waals surface area contributed by atoms with E-state index in [-0.39, 0.29) is 22.9 Å². The quantitative estimate of drug-likeness (QED) is 0.311. The highest BCUT2D eigenvalue weighted by atomic mass is 79.9. The van der Waals surface area contributed by atoms with Gasteiger partial charge in [-0.3, -0.25) is 4.79 Å². The number of allylic oxidation sites excluding steroid dienone is 1. The SMILES string of the molecule is O=C(Oc1ccc2c(c1)O/C(=C\c1ccc(Br)cc1)C2=O)c1ccc(F)cc1. The first-order chi connectivity index (χ1) is 13.5. The first kappa shape index (κ1) is 18.1. The molecule has 4 nitrogen and oxygen atoms in total. The number of ether oxygens (including phenoxy) is 2. The van der Waals surface area contributed by atoms with Gasteiger partial charge in [-0.25, -0.2) is 9.18 Å². The molecule has 3 aromatic carbocycles. The number of fused-ring (bicyclic) bond motifs is 1. The fraction of sp³-hybridized carbons (Fsp3) is 0. The lowest BCUT2D eigenvalue weighted by Gasteiger charge is -2.05. The number of Topliss-reactive ketones (excluding diaryl/α,β-unsaturated/α-hetero) is 1. The molecule has 0 radical (unpaired) electrons. The molecule has 0 N–H and O–H groups in total.